The Hall–Kier alpha value is -1.84. The van der Waals surface area contributed by atoms with E-state index in [2.05, 4.69) is 0 Å². The number of ether oxygens (including phenoxy) is 2. The van der Waals surface area contributed by atoms with Crippen molar-refractivity contribution in [2.24, 2.45) is 10.8 Å². The molecule has 1 rings (SSSR count). The molecule has 0 fully saturated rings. The van der Waals surface area contributed by atoms with E-state index in [1.165, 1.54) is 0 Å². The fourth-order valence-electron chi connectivity index (χ4n) is 1.72. The quantitative estimate of drug-likeness (QED) is 0.772. The van der Waals surface area contributed by atoms with Crippen LogP contribution in [0.25, 0.3) is 0 Å². The highest BCUT2D eigenvalue weighted by atomic mass is 16.5. The van der Waals surface area contributed by atoms with Crippen molar-refractivity contribution < 1.29 is 19.1 Å². The first-order valence-electron chi connectivity index (χ1n) is 7.84. The molecule has 1 aromatic carbocycles. The minimum Gasteiger partial charge on any atom is -0.462 e. The molecule has 128 valence electrons. The minimum atomic E-state index is -0.498. The Balaban J connectivity index is 2.96. The first-order valence-corrected chi connectivity index (χ1v) is 7.84. The van der Waals surface area contributed by atoms with Gasteiger partial charge in [0.05, 0.1) is 24.3 Å². The van der Waals surface area contributed by atoms with Crippen LogP contribution < -0.4 is 0 Å². The molecule has 4 nitrogen and oxygen atoms in total. The standard InChI is InChI=1S/C19H28O4/c1-13-8-9-14(16(20)22-11-18(2,3)4)15(10-13)17(21)23-12-19(5,6)7/h8-10H,11-12H2,1-7H3. The molecule has 4 heteroatoms. The molecule has 0 atom stereocenters. The Morgan fingerprint density at radius 1 is 0.826 bits per heavy atom. The normalized spacial score (nSPS) is 12.0. The number of rotatable bonds is 4. The van der Waals surface area contributed by atoms with Crippen LogP contribution in [-0.4, -0.2) is 25.2 Å². The van der Waals surface area contributed by atoms with Crippen LogP contribution in [-0.2, 0) is 9.47 Å². The highest BCUT2D eigenvalue weighted by Gasteiger charge is 2.23. The fourth-order valence-corrected chi connectivity index (χ4v) is 1.72. The van der Waals surface area contributed by atoms with Gasteiger partial charge in [-0.15, -0.1) is 0 Å². The van der Waals surface area contributed by atoms with Crippen LogP contribution in [0.3, 0.4) is 0 Å². The van der Waals surface area contributed by atoms with Crippen molar-refractivity contribution in [1.82, 2.24) is 0 Å². The van der Waals surface area contributed by atoms with E-state index in [4.69, 9.17) is 9.47 Å². The summed E-state index contributed by atoms with van der Waals surface area (Å²) in [4.78, 5) is 24.6. The molecule has 0 aliphatic carbocycles. The Bertz CT molecular complexity index is 574. The topological polar surface area (TPSA) is 52.6 Å². The molecular formula is C19H28O4. The van der Waals surface area contributed by atoms with Crippen molar-refractivity contribution in [3.05, 3.63) is 34.9 Å². The molecule has 23 heavy (non-hydrogen) atoms. The molecule has 0 aliphatic rings. The Morgan fingerprint density at radius 3 is 1.70 bits per heavy atom. The number of carbonyl (C=O) groups excluding carboxylic acids is 2. The number of hydrogen-bond acceptors (Lipinski definition) is 4. The van der Waals surface area contributed by atoms with E-state index in [1.807, 2.05) is 48.5 Å². The summed E-state index contributed by atoms with van der Waals surface area (Å²) in [6.07, 6.45) is 0. The maximum absolute atomic E-state index is 12.3. The molecule has 1 aromatic rings. The molecule has 0 heterocycles. The lowest BCUT2D eigenvalue weighted by Crippen LogP contribution is -2.22. The molecule has 0 N–H and O–H groups in total. The summed E-state index contributed by atoms with van der Waals surface area (Å²) >= 11 is 0. The first-order chi connectivity index (χ1) is 10.4. The van der Waals surface area contributed by atoms with E-state index in [1.54, 1.807) is 18.2 Å². The van der Waals surface area contributed by atoms with Gasteiger partial charge >= 0.3 is 11.9 Å². The second kappa shape index (κ2) is 7.16. The van der Waals surface area contributed by atoms with Gasteiger partial charge in [0.1, 0.15) is 0 Å². The Kier molecular flexibility index (Phi) is 5.98. The van der Waals surface area contributed by atoms with Gasteiger partial charge in [-0.25, -0.2) is 9.59 Å². The fraction of sp³-hybridized carbons (Fsp3) is 0.579. The summed E-state index contributed by atoms with van der Waals surface area (Å²) in [6.45, 7) is 14.3. The molecular weight excluding hydrogens is 292 g/mol. The smallest absolute Gasteiger partial charge is 0.339 e. The summed E-state index contributed by atoms with van der Waals surface area (Å²) in [6, 6.07) is 5.07. The first kappa shape index (κ1) is 19.2. The average molecular weight is 320 g/mol. The number of carbonyl (C=O) groups is 2. The van der Waals surface area contributed by atoms with E-state index >= 15 is 0 Å². The third kappa shape index (κ3) is 6.85. The van der Waals surface area contributed by atoms with Crippen LogP contribution in [0.5, 0.6) is 0 Å². The van der Waals surface area contributed by atoms with E-state index in [0.717, 1.165) is 5.56 Å². The van der Waals surface area contributed by atoms with Crippen molar-refractivity contribution in [3.63, 3.8) is 0 Å². The van der Waals surface area contributed by atoms with E-state index < -0.39 is 11.9 Å². The molecule has 0 amide bonds. The largest absolute Gasteiger partial charge is 0.462 e. The van der Waals surface area contributed by atoms with Crippen LogP contribution in [0.1, 0.15) is 67.8 Å². The second-order valence-electron chi connectivity index (χ2n) is 8.32. The maximum Gasteiger partial charge on any atom is 0.339 e. The van der Waals surface area contributed by atoms with Gasteiger partial charge < -0.3 is 9.47 Å². The summed E-state index contributed by atoms with van der Waals surface area (Å²) in [7, 11) is 0. The lowest BCUT2D eigenvalue weighted by Gasteiger charge is -2.20. The van der Waals surface area contributed by atoms with E-state index in [0.29, 0.717) is 0 Å². The molecule has 0 unspecified atom stereocenters. The zero-order chi connectivity index (χ0) is 17.8. The SMILES string of the molecule is Cc1ccc(C(=O)OCC(C)(C)C)c(C(=O)OCC(C)(C)C)c1. The maximum atomic E-state index is 12.3. The van der Waals surface area contributed by atoms with E-state index in [-0.39, 0.29) is 35.2 Å². The summed E-state index contributed by atoms with van der Waals surface area (Å²) < 4.78 is 10.7. The lowest BCUT2D eigenvalue weighted by molar-refractivity contribution is 0.0322. The predicted octanol–water partition coefficient (Wildman–Crippen LogP) is 4.40. The summed E-state index contributed by atoms with van der Waals surface area (Å²) in [5, 5.41) is 0. The lowest BCUT2D eigenvalue weighted by atomic mass is 9.98. The Morgan fingerprint density at radius 2 is 1.26 bits per heavy atom. The van der Waals surface area contributed by atoms with Gasteiger partial charge in [-0.05, 0) is 29.9 Å². The molecule has 0 radical (unpaired) electrons. The monoisotopic (exact) mass is 320 g/mol. The molecule has 0 bridgehead atoms. The van der Waals surface area contributed by atoms with Crippen LogP contribution in [0.2, 0.25) is 0 Å². The van der Waals surface area contributed by atoms with Crippen molar-refractivity contribution in [2.75, 3.05) is 13.2 Å². The van der Waals surface area contributed by atoms with Crippen LogP contribution in [0, 0.1) is 17.8 Å². The average Bonchev–Trinajstić information content (AvgIpc) is 2.40. The third-order valence-electron chi connectivity index (χ3n) is 2.89. The van der Waals surface area contributed by atoms with E-state index in [9.17, 15) is 9.59 Å². The summed E-state index contributed by atoms with van der Waals surface area (Å²) in [5.41, 5.74) is 1.13. The number of hydrogen-bond donors (Lipinski definition) is 0. The number of benzene rings is 1. The zero-order valence-corrected chi connectivity index (χ0v) is 15.3. The molecule has 0 saturated carbocycles. The zero-order valence-electron chi connectivity index (χ0n) is 15.3. The molecule has 0 aliphatic heterocycles. The van der Waals surface area contributed by atoms with Crippen molar-refractivity contribution >= 4 is 11.9 Å². The predicted molar refractivity (Wildman–Crippen MR) is 90.7 cm³/mol. The van der Waals surface area contributed by atoms with Crippen molar-refractivity contribution in [1.29, 1.82) is 0 Å². The van der Waals surface area contributed by atoms with Gasteiger partial charge in [-0.1, -0.05) is 53.2 Å². The van der Waals surface area contributed by atoms with Crippen LogP contribution in [0.15, 0.2) is 18.2 Å². The van der Waals surface area contributed by atoms with Gasteiger partial charge in [0.25, 0.3) is 0 Å². The Labute approximate surface area is 139 Å². The van der Waals surface area contributed by atoms with Gasteiger partial charge in [0, 0.05) is 0 Å². The second-order valence-corrected chi connectivity index (χ2v) is 8.32. The van der Waals surface area contributed by atoms with Gasteiger partial charge in [0.2, 0.25) is 0 Å². The highest BCUT2D eigenvalue weighted by Crippen LogP contribution is 2.20. The van der Waals surface area contributed by atoms with Crippen molar-refractivity contribution in [3.8, 4) is 0 Å². The number of esters is 2. The number of aryl methyl sites for hydroxylation is 1. The van der Waals surface area contributed by atoms with Gasteiger partial charge in [-0.2, -0.15) is 0 Å². The molecule has 0 spiro atoms. The van der Waals surface area contributed by atoms with Crippen molar-refractivity contribution in [2.45, 2.75) is 48.5 Å². The highest BCUT2D eigenvalue weighted by molar-refractivity contribution is 6.03. The molecule has 0 aromatic heterocycles. The summed E-state index contributed by atoms with van der Waals surface area (Å²) in [5.74, 6) is -0.992. The van der Waals surface area contributed by atoms with Crippen LogP contribution in [0.4, 0.5) is 0 Å². The third-order valence-corrected chi connectivity index (χ3v) is 2.89. The molecule has 0 saturated heterocycles. The van der Waals surface area contributed by atoms with Gasteiger partial charge in [-0.3, -0.25) is 0 Å². The van der Waals surface area contributed by atoms with Gasteiger partial charge in [0.15, 0.2) is 0 Å². The van der Waals surface area contributed by atoms with Crippen LogP contribution >= 0.6 is 0 Å². The minimum absolute atomic E-state index is 0.132.